The van der Waals surface area contributed by atoms with Crippen LogP contribution >= 0.6 is 11.8 Å². The van der Waals surface area contributed by atoms with Crippen LogP contribution in [0, 0.1) is 0 Å². The SMILES string of the molecule is COc1cc(C=NN=C(N)SCc2ccccc2)cc(OC)c1OC(=O)OC(C)(C)C. The Morgan fingerprint density at radius 1 is 1.10 bits per heavy atom. The molecule has 0 spiro atoms. The molecule has 0 aliphatic rings. The first-order chi connectivity index (χ1) is 14.7. The predicted octanol–water partition coefficient (Wildman–Crippen LogP) is 4.60. The molecule has 0 heterocycles. The zero-order valence-electron chi connectivity index (χ0n) is 18.2. The summed E-state index contributed by atoms with van der Waals surface area (Å²) in [6.45, 7) is 5.23. The van der Waals surface area contributed by atoms with Gasteiger partial charge in [0.05, 0.1) is 20.4 Å². The van der Waals surface area contributed by atoms with Crippen LogP contribution in [0.25, 0.3) is 0 Å². The van der Waals surface area contributed by atoms with E-state index in [0.29, 0.717) is 16.5 Å². The lowest BCUT2D eigenvalue weighted by Crippen LogP contribution is -2.26. The number of ether oxygens (including phenoxy) is 4. The molecule has 0 unspecified atom stereocenters. The van der Waals surface area contributed by atoms with Gasteiger partial charge in [-0.25, -0.2) is 4.79 Å². The van der Waals surface area contributed by atoms with Crippen molar-refractivity contribution in [2.75, 3.05) is 14.2 Å². The molecular formula is C22H27N3O5S. The predicted molar refractivity (Wildman–Crippen MR) is 123 cm³/mol. The summed E-state index contributed by atoms with van der Waals surface area (Å²) in [7, 11) is 2.90. The second-order valence-electron chi connectivity index (χ2n) is 7.28. The number of methoxy groups -OCH3 is 2. The van der Waals surface area contributed by atoms with E-state index in [0.717, 1.165) is 5.56 Å². The van der Waals surface area contributed by atoms with E-state index >= 15 is 0 Å². The van der Waals surface area contributed by atoms with E-state index in [-0.39, 0.29) is 17.2 Å². The van der Waals surface area contributed by atoms with E-state index in [1.54, 1.807) is 32.9 Å². The third-order valence-corrected chi connectivity index (χ3v) is 4.51. The highest BCUT2D eigenvalue weighted by atomic mass is 32.2. The fraction of sp³-hybridized carbons (Fsp3) is 0.318. The van der Waals surface area contributed by atoms with Crippen molar-refractivity contribution < 1.29 is 23.7 Å². The lowest BCUT2D eigenvalue weighted by Gasteiger charge is -2.20. The van der Waals surface area contributed by atoms with Gasteiger partial charge < -0.3 is 24.7 Å². The second-order valence-corrected chi connectivity index (χ2v) is 8.27. The zero-order chi connectivity index (χ0) is 22.9. The molecule has 0 aromatic heterocycles. The molecule has 2 N–H and O–H groups in total. The monoisotopic (exact) mass is 445 g/mol. The van der Waals surface area contributed by atoms with Crippen LogP contribution in [0.3, 0.4) is 0 Å². The molecule has 0 atom stereocenters. The lowest BCUT2D eigenvalue weighted by molar-refractivity contribution is 0.0195. The van der Waals surface area contributed by atoms with Crippen molar-refractivity contribution in [3.63, 3.8) is 0 Å². The summed E-state index contributed by atoms with van der Waals surface area (Å²) in [6, 6.07) is 13.2. The Bertz CT molecular complexity index is 915. The summed E-state index contributed by atoms with van der Waals surface area (Å²) in [5.41, 5.74) is 6.98. The number of nitrogens with zero attached hydrogens (tertiary/aromatic N) is 2. The summed E-state index contributed by atoms with van der Waals surface area (Å²) in [6.07, 6.45) is 0.636. The van der Waals surface area contributed by atoms with Gasteiger partial charge in [0.15, 0.2) is 16.7 Å². The molecular weight excluding hydrogens is 418 g/mol. The van der Waals surface area contributed by atoms with Gasteiger partial charge in [-0.1, -0.05) is 42.1 Å². The molecule has 0 radical (unpaired) electrons. The number of hydrogen-bond donors (Lipinski definition) is 1. The maximum atomic E-state index is 12.0. The van der Waals surface area contributed by atoms with Gasteiger partial charge in [-0.2, -0.15) is 5.10 Å². The number of benzene rings is 2. The number of carbonyl (C=O) groups is 1. The third-order valence-electron chi connectivity index (χ3n) is 3.65. The van der Waals surface area contributed by atoms with E-state index in [4.69, 9.17) is 24.7 Å². The molecule has 2 rings (SSSR count). The maximum absolute atomic E-state index is 12.0. The van der Waals surface area contributed by atoms with Crippen molar-refractivity contribution in [3.8, 4) is 17.2 Å². The van der Waals surface area contributed by atoms with Crippen LogP contribution < -0.4 is 19.9 Å². The van der Waals surface area contributed by atoms with Crippen molar-refractivity contribution >= 4 is 29.3 Å². The molecule has 0 aliphatic heterocycles. The number of carbonyl (C=O) groups excluding carboxylic acids is 1. The Morgan fingerprint density at radius 2 is 1.71 bits per heavy atom. The molecule has 0 saturated heterocycles. The van der Waals surface area contributed by atoms with Crippen molar-refractivity contribution in [2.45, 2.75) is 32.1 Å². The lowest BCUT2D eigenvalue weighted by atomic mass is 10.2. The molecule has 0 amide bonds. The standard InChI is InChI=1S/C22H27N3O5S/c1-22(2,3)30-21(26)29-19-17(27-4)11-16(12-18(19)28-5)13-24-25-20(23)31-14-15-9-7-6-8-10-15/h6-13H,14H2,1-5H3,(H2,23,25). The molecule has 31 heavy (non-hydrogen) atoms. The summed E-state index contributed by atoms with van der Waals surface area (Å²) in [4.78, 5) is 12.0. The van der Waals surface area contributed by atoms with Crippen LogP contribution in [0.2, 0.25) is 0 Å². The van der Waals surface area contributed by atoms with E-state index < -0.39 is 11.8 Å². The van der Waals surface area contributed by atoms with Crippen molar-refractivity contribution in [1.29, 1.82) is 0 Å². The minimum Gasteiger partial charge on any atom is -0.493 e. The quantitative estimate of drug-likeness (QED) is 0.218. The van der Waals surface area contributed by atoms with Crippen LogP contribution in [0.1, 0.15) is 31.9 Å². The van der Waals surface area contributed by atoms with Crippen molar-refractivity contribution in [2.24, 2.45) is 15.9 Å². The summed E-state index contributed by atoms with van der Waals surface area (Å²) < 4.78 is 21.2. The van der Waals surface area contributed by atoms with E-state index in [9.17, 15) is 4.79 Å². The number of rotatable bonds is 7. The number of hydrogen-bond acceptors (Lipinski definition) is 8. The van der Waals surface area contributed by atoms with Crippen LogP contribution in [-0.4, -0.2) is 37.4 Å². The van der Waals surface area contributed by atoms with Crippen molar-refractivity contribution in [1.82, 2.24) is 0 Å². The Morgan fingerprint density at radius 3 is 2.26 bits per heavy atom. The molecule has 0 fully saturated rings. The first kappa shape index (κ1) is 24.1. The van der Waals surface area contributed by atoms with E-state index in [1.165, 1.54) is 32.2 Å². The van der Waals surface area contributed by atoms with Gasteiger partial charge in [-0.15, -0.1) is 5.10 Å². The number of thioether (sulfide) groups is 1. The van der Waals surface area contributed by atoms with Gasteiger partial charge in [0.2, 0.25) is 5.75 Å². The second kappa shape index (κ2) is 11.3. The fourth-order valence-electron chi connectivity index (χ4n) is 2.34. The average molecular weight is 446 g/mol. The fourth-order valence-corrected chi connectivity index (χ4v) is 2.95. The normalized spacial score (nSPS) is 12.0. The topological polar surface area (TPSA) is 105 Å². The molecule has 8 nitrogen and oxygen atoms in total. The summed E-state index contributed by atoms with van der Waals surface area (Å²) in [5.74, 6) is 1.37. The Hall–Kier alpha value is -3.20. The van der Waals surface area contributed by atoms with Crippen LogP contribution in [0.4, 0.5) is 4.79 Å². The largest absolute Gasteiger partial charge is 0.514 e. The van der Waals surface area contributed by atoms with Gasteiger partial charge in [0.25, 0.3) is 0 Å². The first-order valence-electron chi connectivity index (χ1n) is 9.42. The number of nitrogens with two attached hydrogens (primary N) is 1. The van der Waals surface area contributed by atoms with Crippen molar-refractivity contribution in [3.05, 3.63) is 53.6 Å². The molecule has 0 saturated carbocycles. The molecule has 0 bridgehead atoms. The van der Waals surface area contributed by atoms with Gasteiger partial charge in [-0.3, -0.25) is 0 Å². The summed E-state index contributed by atoms with van der Waals surface area (Å²) in [5, 5.41) is 8.35. The Balaban J connectivity index is 2.11. The molecule has 166 valence electrons. The van der Waals surface area contributed by atoms with E-state index in [1.807, 2.05) is 30.3 Å². The molecule has 2 aromatic carbocycles. The first-order valence-corrected chi connectivity index (χ1v) is 10.4. The highest BCUT2D eigenvalue weighted by molar-refractivity contribution is 8.13. The number of amidine groups is 1. The zero-order valence-corrected chi connectivity index (χ0v) is 19.1. The van der Waals surface area contributed by atoms with Crippen LogP contribution in [-0.2, 0) is 10.5 Å². The van der Waals surface area contributed by atoms with E-state index in [2.05, 4.69) is 10.2 Å². The summed E-state index contributed by atoms with van der Waals surface area (Å²) >= 11 is 1.39. The highest BCUT2D eigenvalue weighted by Crippen LogP contribution is 2.38. The maximum Gasteiger partial charge on any atom is 0.514 e. The van der Waals surface area contributed by atoms with Gasteiger partial charge in [-0.05, 0) is 38.5 Å². The van der Waals surface area contributed by atoms with Crippen LogP contribution in [0.15, 0.2) is 52.7 Å². The highest BCUT2D eigenvalue weighted by Gasteiger charge is 2.22. The van der Waals surface area contributed by atoms with Gasteiger partial charge >= 0.3 is 6.16 Å². The van der Waals surface area contributed by atoms with Gasteiger partial charge in [0.1, 0.15) is 5.60 Å². The Labute approximate surface area is 186 Å². The minimum absolute atomic E-state index is 0.109. The smallest absolute Gasteiger partial charge is 0.493 e. The molecule has 2 aromatic rings. The third kappa shape index (κ3) is 8.21. The van der Waals surface area contributed by atoms with Gasteiger partial charge in [0, 0.05) is 11.3 Å². The Kier molecular flexibility index (Phi) is 8.75. The average Bonchev–Trinajstić information content (AvgIpc) is 2.72. The molecule has 0 aliphatic carbocycles. The van der Waals surface area contributed by atoms with Crippen LogP contribution in [0.5, 0.6) is 17.2 Å². The molecule has 9 heteroatoms. The minimum atomic E-state index is -0.863.